The monoisotopic (exact) mass is 3020 g/mol. The van der Waals surface area contributed by atoms with E-state index in [0.717, 1.165) is 107 Å². The van der Waals surface area contributed by atoms with Crippen molar-refractivity contribution in [3.8, 4) is 71.3 Å². The van der Waals surface area contributed by atoms with Crippen LogP contribution >= 0.6 is 280 Å². The number of hydrogen-bond acceptors (Lipinski definition) is 10. The van der Waals surface area contributed by atoms with E-state index in [4.69, 9.17) is 23.7 Å². The SMILES string of the molecule is Oc1c(I)cc(COc2ccc3c(c2)c2cc(OCc4cc(I)c(O)c(I)c4)ccc2[s+]3-c2ccc(I)cc2)cc1I.Oc1c(I)cc(I)cc1COc1ccc2c(c1)c1cc(OCc3cc(I)cc(I)c3O)ccc1[s+]2-c1ccc(I)cc1.c1ccc(COc2ccc(-[s+]3c4ccccc4c4ccccc43)cc2)cc1.c1ccc(CSc2ccc(-[s+]3c4ccccc4c4ccccc43)cc2)cc1. The van der Waals surface area contributed by atoms with Crippen LogP contribution in [-0.2, 0) is 38.8 Å². The summed E-state index contributed by atoms with van der Waals surface area (Å²) in [6, 6.07) is 132. The largest absolute Gasteiger partial charge is 0.506 e. The molecular formula is C114H78I10O9S5+4. The predicted molar refractivity (Wildman–Crippen MR) is 665 cm³/mol. The zero-order valence-electron chi connectivity index (χ0n) is 72.7. The summed E-state index contributed by atoms with van der Waals surface area (Å²) in [5.74, 6) is 6.14. The van der Waals surface area contributed by atoms with E-state index in [1.807, 2.05) is 90.6 Å². The molecule has 0 unspecified atom stereocenters. The summed E-state index contributed by atoms with van der Waals surface area (Å²) in [7, 11) is -0.542. The van der Waals surface area contributed by atoms with Gasteiger partial charge in [0.1, 0.15) is 84.8 Å². The van der Waals surface area contributed by atoms with Gasteiger partial charge in [-0.15, -0.1) is 11.8 Å². The second-order valence-electron chi connectivity index (χ2n) is 32.0. The van der Waals surface area contributed by atoms with E-state index in [0.29, 0.717) is 31.3 Å². The van der Waals surface area contributed by atoms with Crippen LogP contribution in [0.25, 0.3) is 100 Å². The lowest BCUT2D eigenvalue weighted by Crippen LogP contribution is -1.98. The van der Waals surface area contributed by atoms with Gasteiger partial charge in [-0.1, -0.05) is 109 Å². The van der Waals surface area contributed by atoms with Gasteiger partial charge < -0.3 is 44.1 Å². The lowest BCUT2D eigenvalue weighted by atomic mass is 10.1. The van der Waals surface area contributed by atoms with Crippen molar-refractivity contribution in [2.45, 2.75) is 43.7 Å². The summed E-state index contributed by atoms with van der Waals surface area (Å²) in [5.41, 5.74) is 6.09. The predicted octanol–water partition coefficient (Wildman–Crippen LogP) is 38.0. The molecule has 0 amide bonds. The van der Waals surface area contributed by atoms with Gasteiger partial charge >= 0.3 is 0 Å². The Morgan fingerprint density at radius 1 is 0.203 bits per heavy atom. The van der Waals surface area contributed by atoms with Gasteiger partial charge in [-0.05, 0) is 479 Å². The third-order valence-electron chi connectivity index (χ3n) is 23.0. The van der Waals surface area contributed by atoms with Crippen LogP contribution in [0.3, 0.4) is 0 Å². The highest BCUT2D eigenvalue weighted by atomic mass is 127. The molecule has 0 bridgehead atoms. The number of phenolic OH excluding ortho intramolecular Hbond substituents is 4. The minimum Gasteiger partial charge on any atom is -0.506 e. The van der Waals surface area contributed by atoms with E-state index in [-0.39, 0.29) is 66.6 Å². The Balaban J connectivity index is 0.000000120. The molecule has 4 heterocycles. The minimum absolute atomic E-state index is 0.00200. The van der Waals surface area contributed by atoms with Crippen LogP contribution in [0.4, 0.5) is 0 Å². The Kier molecular flexibility index (Phi) is 33.0. The molecule has 0 saturated heterocycles. The van der Waals surface area contributed by atoms with Crippen molar-refractivity contribution in [2.75, 3.05) is 0 Å². The van der Waals surface area contributed by atoms with E-state index in [1.54, 1.807) is 0 Å². The molecule has 0 aliphatic heterocycles. The Morgan fingerprint density at radius 2 is 0.464 bits per heavy atom. The Morgan fingerprint density at radius 3 is 0.804 bits per heavy atom. The maximum Gasteiger partial charge on any atom is 0.188 e. The van der Waals surface area contributed by atoms with E-state index in [9.17, 15) is 20.4 Å². The normalized spacial score (nSPS) is 11.3. The number of aromatic hydroxyl groups is 4. The van der Waals surface area contributed by atoms with Gasteiger partial charge in [0.2, 0.25) is 0 Å². The summed E-state index contributed by atoms with van der Waals surface area (Å²) < 4.78 is 51.1. The average molecular weight is 3020 g/mol. The van der Waals surface area contributed by atoms with Crippen molar-refractivity contribution in [2.24, 2.45) is 0 Å². The van der Waals surface area contributed by atoms with Crippen LogP contribution in [0.15, 0.2) is 381 Å². The number of phenols is 4. The molecular weight excluding hydrogens is 2940 g/mol. The Labute approximate surface area is 950 Å². The van der Waals surface area contributed by atoms with Gasteiger partial charge in [0, 0.05) is 136 Å². The fourth-order valence-corrected chi connectivity index (χ4v) is 35.1. The molecule has 24 heteroatoms. The fourth-order valence-electron chi connectivity index (χ4n) is 16.4. The van der Waals surface area contributed by atoms with Crippen molar-refractivity contribution in [3.63, 3.8) is 0 Å². The maximum atomic E-state index is 10.6. The summed E-state index contributed by atoms with van der Waals surface area (Å²) >= 11 is 24.0. The van der Waals surface area contributed by atoms with Crippen LogP contribution in [-0.4, -0.2) is 20.4 Å². The van der Waals surface area contributed by atoms with Gasteiger partial charge in [-0.2, -0.15) is 0 Å². The molecule has 0 atom stereocenters. The van der Waals surface area contributed by atoms with Gasteiger partial charge in [0.05, 0.1) is 43.0 Å². The highest BCUT2D eigenvalue weighted by Crippen LogP contribution is 2.55. The molecule has 0 aliphatic rings. The van der Waals surface area contributed by atoms with Gasteiger partial charge in [-0.25, -0.2) is 0 Å². The van der Waals surface area contributed by atoms with Crippen molar-refractivity contribution < 1.29 is 44.1 Å². The topological polar surface area (TPSA) is 127 Å². The molecule has 22 aromatic rings. The van der Waals surface area contributed by atoms with Crippen molar-refractivity contribution in [1.29, 1.82) is 0 Å². The molecule has 0 saturated carbocycles. The number of rotatable bonds is 22. The Hall–Kier alpha value is -7.31. The molecule has 22 rings (SSSR count). The standard InChI is InChI=1S/2C32H19I5O4S.C25H19OS.C25H19S2/c33-19-1-5-24(6-2-19)42-29-7-3-22(40-15-17-9-20(34)11-27(36)31(17)38)13-25(29)26-14-23(4-8-30(26)42)41-16-18-10-21(35)12-28(37)32(18)39;33-19-1-5-22(6-2-19)42-29-7-3-20(40-15-17-9-25(34)31(38)26(35)10-17)13-23(29)24-14-21(4-8-30(24)42)41-16-18-11-27(36)32(39)28(37)12-18;2*1-2-8-19(9-3-1)18-26-20-14-16-21(17-15-20)27-24-12-6-4-10-22(24)23-11-5-7-13-25(23)27/h2*1-14H,15-16H2,(H-,38,39);2*1-17H,18H2/q;;2*+1/p+2. The molecule has 4 aromatic heterocycles. The van der Waals surface area contributed by atoms with E-state index < -0.39 is 0 Å². The number of ether oxygens (including phenoxy) is 5. The number of halogens is 10. The van der Waals surface area contributed by atoms with Gasteiger partial charge in [0.25, 0.3) is 0 Å². The van der Waals surface area contributed by atoms with Crippen LogP contribution in [0.5, 0.6) is 51.7 Å². The Bertz CT molecular complexity index is 7680. The molecule has 0 aliphatic carbocycles. The van der Waals surface area contributed by atoms with E-state index in [1.165, 1.54) is 102 Å². The van der Waals surface area contributed by atoms with E-state index in [2.05, 4.69) is 523 Å². The summed E-state index contributed by atoms with van der Waals surface area (Å²) in [6.07, 6.45) is 0. The first-order valence-electron chi connectivity index (χ1n) is 43.3. The quantitative estimate of drug-likeness (QED) is 0.0296. The molecule has 0 spiro atoms. The molecule has 4 N–H and O–H groups in total. The maximum absolute atomic E-state index is 10.6. The molecule has 684 valence electrons. The first-order chi connectivity index (χ1) is 67.1. The number of benzene rings is 18. The molecule has 18 aromatic carbocycles. The van der Waals surface area contributed by atoms with Crippen LogP contribution in [0.2, 0.25) is 0 Å². The van der Waals surface area contributed by atoms with E-state index >= 15 is 0 Å². The average Bonchev–Trinajstić information content (AvgIpc) is 1.60. The van der Waals surface area contributed by atoms with Crippen molar-refractivity contribution in [3.05, 3.63) is 445 Å². The summed E-state index contributed by atoms with van der Waals surface area (Å²) in [4.78, 5) is 6.59. The third kappa shape index (κ3) is 22.9. The van der Waals surface area contributed by atoms with Crippen LogP contribution in [0, 0.1) is 35.7 Å². The number of fused-ring (bicyclic) bond motifs is 12. The fraction of sp³-hybridized carbons (Fsp3) is 0.0526. The number of hydrogen-bond donors (Lipinski definition) is 4. The first-order valence-corrected chi connectivity index (χ1v) is 60.0. The lowest BCUT2D eigenvalue weighted by molar-refractivity contribution is 0.298. The van der Waals surface area contributed by atoms with Crippen molar-refractivity contribution in [1.82, 2.24) is 0 Å². The molecule has 0 fully saturated rings. The molecule has 138 heavy (non-hydrogen) atoms. The second-order valence-corrected chi connectivity index (χ2v) is 52.9. The molecule has 0 radical (unpaired) electrons. The third-order valence-corrected chi connectivity index (χ3v) is 41.0. The number of thioether (sulfide) groups is 1. The lowest BCUT2D eigenvalue weighted by Gasteiger charge is -2.10. The smallest absolute Gasteiger partial charge is 0.188 e. The highest BCUT2D eigenvalue weighted by molar-refractivity contribution is 14.1. The zero-order valence-corrected chi connectivity index (χ0v) is 98.3. The van der Waals surface area contributed by atoms with Gasteiger partial charge in [0.15, 0.2) is 57.2 Å². The van der Waals surface area contributed by atoms with Crippen LogP contribution in [0.1, 0.15) is 33.4 Å². The second kappa shape index (κ2) is 45.7. The van der Waals surface area contributed by atoms with Crippen LogP contribution < -0.4 is 23.7 Å². The summed E-state index contributed by atoms with van der Waals surface area (Å²) in [6.45, 7) is 1.96. The summed E-state index contributed by atoms with van der Waals surface area (Å²) in [5, 5.41) is 51.4. The highest BCUT2D eigenvalue weighted by Gasteiger charge is 2.30. The van der Waals surface area contributed by atoms with Crippen molar-refractivity contribution >= 4 is 360 Å². The molecule has 9 nitrogen and oxygen atoms in total. The minimum atomic E-state index is -0.263. The van der Waals surface area contributed by atoms with Gasteiger partial charge in [-0.3, -0.25) is 0 Å². The number of thiophene rings is 4. The zero-order chi connectivity index (χ0) is 95.2. The first kappa shape index (κ1) is 99.4.